The molecule has 7 heteroatoms. The second-order valence-electron chi connectivity index (χ2n) is 5.78. The summed E-state index contributed by atoms with van der Waals surface area (Å²) in [6.45, 7) is 1.41. The first-order valence-electron chi connectivity index (χ1n) is 8.17. The molecule has 0 aliphatic carbocycles. The Hall–Kier alpha value is -3.74. The van der Waals surface area contributed by atoms with Crippen molar-refractivity contribution in [3.05, 3.63) is 78.4 Å². The van der Waals surface area contributed by atoms with E-state index in [0.29, 0.717) is 22.7 Å². The van der Waals surface area contributed by atoms with Crippen molar-refractivity contribution in [2.45, 2.75) is 6.92 Å². The lowest BCUT2D eigenvalue weighted by Gasteiger charge is -2.09. The molecule has 27 heavy (non-hydrogen) atoms. The third-order valence-electron chi connectivity index (χ3n) is 3.57. The van der Waals surface area contributed by atoms with Crippen LogP contribution < -0.4 is 16.0 Å². The van der Waals surface area contributed by atoms with Crippen LogP contribution in [-0.2, 0) is 4.79 Å². The highest BCUT2D eigenvalue weighted by Crippen LogP contribution is 2.19. The summed E-state index contributed by atoms with van der Waals surface area (Å²) in [6, 6.07) is 16.0. The molecule has 3 rings (SSSR count). The van der Waals surface area contributed by atoms with Crippen LogP contribution in [-0.4, -0.2) is 16.8 Å². The van der Waals surface area contributed by atoms with E-state index < -0.39 is 5.91 Å². The van der Waals surface area contributed by atoms with E-state index >= 15 is 0 Å². The van der Waals surface area contributed by atoms with Crippen molar-refractivity contribution in [1.82, 2.24) is 4.98 Å². The fourth-order valence-corrected chi connectivity index (χ4v) is 2.41. The van der Waals surface area contributed by atoms with Gasteiger partial charge in [-0.2, -0.15) is 0 Å². The van der Waals surface area contributed by atoms with Crippen LogP contribution in [0.15, 0.2) is 66.9 Å². The van der Waals surface area contributed by atoms with E-state index in [4.69, 9.17) is 0 Å². The van der Waals surface area contributed by atoms with Crippen LogP contribution in [0.25, 0.3) is 0 Å². The van der Waals surface area contributed by atoms with E-state index in [9.17, 15) is 14.0 Å². The van der Waals surface area contributed by atoms with Crippen molar-refractivity contribution < 1.29 is 14.0 Å². The van der Waals surface area contributed by atoms with Gasteiger partial charge < -0.3 is 16.0 Å². The highest BCUT2D eigenvalue weighted by molar-refractivity contribution is 6.03. The molecule has 3 N–H and O–H groups in total. The van der Waals surface area contributed by atoms with Crippen LogP contribution in [0.5, 0.6) is 0 Å². The van der Waals surface area contributed by atoms with Crippen LogP contribution in [0, 0.1) is 5.82 Å². The lowest BCUT2D eigenvalue weighted by Crippen LogP contribution is -2.14. The van der Waals surface area contributed by atoms with Gasteiger partial charge in [-0.1, -0.05) is 6.07 Å². The second kappa shape index (κ2) is 8.09. The maximum atomic E-state index is 13.0. The molecule has 1 heterocycles. The summed E-state index contributed by atoms with van der Waals surface area (Å²) in [5.41, 5.74) is 2.67. The van der Waals surface area contributed by atoms with Crippen LogP contribution in [0.3, 0.4) is 0 Å². The number of anilines is 4. The third kappa shape index (κ3) is 5.12. The number of aromatic nitrogens is 1. The highest BCUT2D eigenvalue weighted by Gasteiger charge is 2.09. The van der Waals surface area contributed by atoms with E-state index in [1.807, 2.05) is 0 Å². The summed E-state index contributed by atoms with van der Waals surface area (Å²) >= 11 is 0. The zero-order valence-corrected chi connectivity index (χ0v) is 14.5. The number of hydrogen-bond donors (Lipinski definition) is 3. The average Bonchev–Trinajstić information content (AvgIpc) is 2.64. The zero-order valence-electron chi connectivity index (χ0n) is 14.5. The number of nitrogens with one attached hydrogen (secondary N) is 3. The lowest BCUT2D eigenvalue weighted by molar-refractivity contribution is -0.114. The minimum absolute atomic E-state index is 0.195. The molecule has 0 fully saturated rings. The Bertz CT molecular complexity index is 974. The monoisotopic (exact) mass is 364 g/mol. The molecule has 1 aromatic heterocycles. The van der Waals surface area contributed by atoms with E-state index in [1.54, 1.807) is 48.5 Å². The van der Waals surface area contributed by atoms with Crippen molar-refractivity contribution >= 4 is 34.6 Å². The molecule has 0 unspecified atom stereocenters. The van der Waals surface area contributed by atoms with Gasteiger partial charge in [0.1, 0.15) is 11.5 Å². The first-order valence-corrected chi connectivity index (χ1v) is 8.17. The van der Waals surface area contributed by atoms with Crippen LogP contribution >= 0.6 is 0 Å². The predicted molar refractivity (Wildman–Crippen MR) is 103 cm³/mol. The number of hydrogen-bond acceptors (Lipinski definition) is 4. The van der Waals surface area contributed by atoms with Gasteiger partial charge in [0.05, 0.1) is 0 Å². The van der Waals surface area contributed by atoms with E-state index in [0.717, 1.165) is 0 Å². The predicted octanol–water partition coefficient (Wildman–Crippen LogP) is 4.18. The molecule has 0 atom stereocenters. The number of amides is 2. The largest absolute Gasteiger partial charge is 0.355 e. The van der Waals surface area contributed by atoms with E-state index in [2.05, 4.69) is 20.9 Å². The molecule has 0 radical (unpaired) electrons. The fourth-order valence-electron chi connectivity index (χ4n) is 2.41. The molecular weight excluding hydrogens is 347 g/mol. The maximum absolute atomic E-state index is 13.0. The SMILES string of the molecule is CC(=O)Nc1cccc(NC(=O)c2cc(Nc3ccc(F)cc3)ccn2)c1. The van der Waals surface area contributed by atoms with Gasteiger partial charge in [-0.05, 0) is 54.6 Å². The van der Waals surface area contributed by atoms with Crippen molar-refractivity contribution in [2.75, 3.05) is 16.0 Å². The summed E-state index contributed by atoms with van der Waals surface area (Å²) in [5.74, 6) is -0.908. The first-order chi connectivity index (χ1) is 13.0. The third-order valence-corrected chi connectivity index (χ3v) is 3.57. The normalized spacial score (nSPS) is 10.1. The minimum Gasteiger partial charge on any atom is -0.355 e. The Kier molecular flexibility index (Phi) is 5.41. The molecule has 0 spiro atoms. The summed E-state index contributed by atoms with van der Waals surface area (Å²) in [6.07, 6.45) is 1.51. The van der Waals surface area contributed by atoms with Crippen molar-refractivity contribution in [1.29, 1.82) is 0 Å². The van der Waals surface area contributed by atoms with Crippen LogP contribution in [0.2, 0.25) is 0 Å². The number of carbonyl (C=O) groups excluding carboxylic acids is 2. The Balaban J connectivity index is 1.71. The molecular formula is C20H17FN4O2. The van der Waals surface area contributed by atoms with Crippen molar-refractivity contribution in [3.8, 4) is 0 Å². The first kappa shape index (κ1) is 18.1. The number of pyridine rings is 1. The van der Waals surface area contributed by atoms with Gasteiger partial charge in [-0.3, -0.25) is 14.6 Å². The molecule has 136 valence electrons. The highest BCUT2D eigenvalue weighted by atomic mass is 19.1. The quantitative estimate of drug-likeness (QED) is 0.634. The molecule has 0 aliphatic heterocycles. The molecule has 2 amide bonds. The molecule has 0 aliphatic rings. The van der Waals surface area contributed by atoms with Gasteiger partial charge >= 0.3 is 0 Å². The number of halogens is 1. The molecule has 2 aromatic carbocycles. The Morgan fingerprint density at radius 3 is 2.26 bits per heavy atom. The topological polar surface area (TPSA) is 83.1 Å². The molecule has 0 saturated carbocycles. The maximum Gasteiger partial charge on any atom is 0.274 e. The minimum atomic E-state index is -0.391. The van der Waals surface area contributed by atoms with Crippen molar-refractivity contribution in [2.24, 2.45) is 0 Å². The molecule has 3 aromatic rings. The number of rotatable bonds is 5. The fraction of sp³-hybridized carbons (Fsp3) is 0.0500. The summed E-state index contributed by atoms with van der Waals surface area (Å²) in [4.78, 5) is 27.7. The van der Waals surface area contributed by atoms with Gasteiger partial charge in [0, 0.05) is 35.9 Å². The lowest BCUT2D eigenvalue weighted by atomic mass is 10.2. The van der Waals surface area contributed by atoms with Crippen LogP contribution in [0.4, 0.5) is 27.1 Å². The van der Waals surface area contributed by atoms with Crippen molar-refractivity contribution in [3.63, 3.8) is 0 Å². The summed E-state index contributed by atoms with van der Waals surface area (Å²) < 4.78 is 13.0. The Labute approximate surface area is 155 Å². The summed E-state index contributed by atoms with van der Waals surface area (Å²) in [5, 5.41) is 8.48. The Morgan fingerprint density at radius 1 is 0.852 bits per heavy atom. The molecule has 0 saturated heterocycles. The van der Waals surface area contributed by atoms with Crippen LogP contribution in [0.1, 0.15) is 17.4 Å². The number of carbonyl (C=O) groups is 2. The van der Waals surface area contributed by atoms with Gasteiger partial charge in [0.15, 0.2) is 0 Å². The smallest absolute Gasteiger partial charge is 0.274 e. The number of nitrogens with zero attached hydrogens (tertiary/aromatic N) is 1. The van der Waals surface area contributed by atoms with Gasteiger partial charge in [-0.15, -0.1) is 0 Å². The number of benzene rings is 2. The van der Waals surface area contributed by atoms with Gasteiger partial charge in [0.25, 0.3) is 5.91 Å². The van der Waals surface area contributed by atoms with E-state index in [1.165, 1.54) is 25.3 Å². The second-order valence-corrected chi connectivity index (χ2v) is 5.78. The standard InChI is InChI=1S/C20H17FN4O2/c1-13(26)23-16-3-2-4-17(11-16)25-20(27)19-12-18(9-10-22-19)24-15-7-5-14(21)6-8-15/h2-12H,1H3,(H,22,24)(H,23,26)(H,25,27). The van der Waals surface area contributed by atoms with E-state index in [-0.39, 0.29) is 17.4 Å². The molecule has 6 nitrogen and oxygen atoms in total. The van der Waals surface area contributed by atoms with Gasteiger partial charge in [-0.25, -0.2) is 4.39 Å². The zero-order chi connectivity index (χ0) is 19.2. The summed E-state index contributed by atoms with van der Waals surface area (Å²) in [7, 11) is 0. The van der Waals surface area contributed by atoms with Gasteiger partial charge in [0.2, 0.25) is 5.91 Å². The average molecular weight is 364 g/mol. The molecule has 0 bridgehead atoms. The Morgan fingerprint density at radius 2 is 1.56 bits per heavy atom.